The largest absolute Gasteiger partial charge is 0.466 e. The van der Waals surface area contributed by atoms with Gasteiger partial charge in [-0.15, -0.1) is 0 Å². The molecule has 1 fully saturated rings. The fourth-order valence-corrected chi connectivity index (χ4v) is 1.39. The lowest BCUT2D eigenvalue weighted by Crippen LogP contribution is -2.28. The number of rotatable bonds is 6. The van der Waals surface area contributed by atoms with E-state index < -0.39 is 0 Å². The molecule has 1 amide bonds. The molecule has 0 bridgehead atoms. The number of hydrogen-bond donors (Lipinski definition) is 1. The zero-order chi connectivity index (χ0) is 11.3. The number of hydrogen-bond acceptors (Lipinski definition) is 3. The number of ether oxygens (including phenoxy) is 1. The minimum atomic E-state index is -0.235. The van der Waals surface area contributed by atoms with Gasteiger partial charge in [0.1, 0.15) is 0 Å². The Morgan fingerprint density at radius 2 is 2.13 bits per heavy atom. The summed E-state index contributed by atoms with van der Waals surface area (Å²) in [6.07, 6.45) is 2.08. The van der Waals surface area contributed by atoms with Gasteiger partial charge in [-0.2, -0.15) is 0 Å². The molecule has 4 heteroatoms. The van der Waals surface area contributed by atoms with Crippen molar-refractivity contribution in [3.05, 3.63) is 0 Å². The topological polar surface area (TPSA) is 55.4 Å². The molecule has 0 radical (unpaired) electrons. The van der Waals surface area contributed by atoms with Crippen molar-refractivity contribution in [2.24, 2.45) is 11.8 Å². The minimum absolute atomic E-state index is 0.0748. The Bertz CT molecular complexity index is 240. The summed E-state index contributed by atoms with van der Waals surface area (Å²) in [4.78, 5) is 22.4. The summed E-state index contributed by atoms with van der Waals surface area (Å²) < 4.78 is 4.88. The molecule has 0 saturated heterocycles. The molecule has 2 atom stereocenters. The molecule has 15 heavy (non-hydrogen) atoms. The summed E-state index contributed by atoms with van der Waals surface area (Å²) in [5.74, 6) is 0.528. The monoisotopic (exact) mass is 213 g/mol. The molecule has 1 rings (SSSR count). The minimum Gasteiger partial charge on any atom is -0.466 e. The van der Waals surface area contributed by atoms with Crippen LogP contribution in [-0.4, -0.2) is 25.0 Å². The molecule has 0 aliphatic heterocycles. The van der Waals surface area contributed by atoms with Gasteiger partial charge < -0.3 is 10.1 Å². The third-order valence-corrected chi connectivity index (χ3v) is 2.54. The van der Waals surface area contributed by atoms with E-state index in [1.54, 1.807) is 0 Å². The molecule has 0 aromatic rings. The van der Waals surface area contributed by atoms with Crippen molar-refractivity contribution in [1.29, 1.82) is 0 Å². The van der Waals surface area contributed by atoms with Crippen molar-refractivity contribution in [2.45, 2.75) is 33.1 Å². The summed E-state index contributed by atoms with van der Waals surface area (Å²) in [5, 5.41) is 2.74. The number of amides is 1. The van der Waals surface area contributed by atoms with Gasteiger partial charge in [0.25, 0.3) is 0 Å². The van der Waals surface area contributed by atoms with Crippen LogP contribution >= 0.6 is 0 Å². The van der Waals surface area contributed by atoms with E-state index in [0.717, 1.165) is 12.8 Å². The van der Waals surface area contributed by atoms with Gasteiger partial charge in [-0.25, -0.2) is 0 Å². The molecule has 1 aliphatic rings. The standard InChI is InChI=1S/C11H19NO3/c1-3-6-15-10(13)4-5-12-11(14)9-7-8(9)2/h8-9H,3-7H2,1-2H3,(H,12,14)/t8-,9-/m0/s1. The van der Waals surface area contributed by atoms with Crippen LogP contribution in [0.5, 0.6) is 0 Å². The van der Waals surface area contributed by atoms with Crippen LogP contribution in [0.3, 0.4) is 0 Å². The maximum Gasteiger partial charge on any atom is 0.307 e. The average molecular weight is 213 g/mol. The first-order chi connectivity index (χ1) is 7.15. The summed E-state index contributed by atoms with van der Waals surface area (Å²) in [7, 11) is 0. The Balaban J connectivity index is 2.00. The summed E-state index contributed by atoms with van der Waals surface area (Å²) >= 11 is 0. The number of nitrogens with one attached hydrogen (secondary N) is 1. The van der Waals surface area contributed by atoms with E-state index in [9.17, 15) is 9.59 Å². The van der Waals surface area contributed by atoms with E-state index in [2.05, 4.69) is 12.2 Å². The predicted octanol–water partition coefficient (Wildman–Crippen LogP) is 1.10. The summed E-state index contributed by atoms with van der Waals surface area (Å²) in [6, 6.07) is 0. The second-order valence-electron chi connectivity index (χ2n) is 4.08. The van der Waals surface area contributed by atoms with Crippen molar-refractivity contribution < 1.29 is 14.3 Å². The lowest BCUT2D eigenvalue weighted by molar-refractivity contribution is -0.143. The van der Waals surface area contributed by atoms with E-state index in [4.69, 9.17) is 4.74 Å². The first kappa shape index (κ1) is 12.0. The molecule has 1 saturated carbocycles. The molecular weight excluding hydrogens is 194 g/mol. The maximum atomic E-state index is 11.3. The van der Waals surface area contributed by atoms with Crippen molar-refractivity contribution in [2.75, 3.05) is 13.2 Å². The van der Waals surface area contributed by atoms with Gasteiger partial charge in [-0.3, -0.25) is 9.59 Å². The van der Waals surface area contributed by atoms with Crippen molar-refractivity contribution >= 4 is 11.9 Å². The third kappa shape index (κ3) is 4.32. The van der Waals surface area contributed by atoms with Crippen molar-refractivity contribution in [3.63, 3.8) is 0 Å². The van der Waals surface area contributed by atoms with Gasteiger partial charge in [-0.1, -0.05) is 13.8 Å². The summed E-state index contributed by atoms with van der Waals surface area (Å²) in [6.45, 7) is 4.86. The molecule has 0 heterocycles. The highest BCUT2D eigenvalue weighted by Gasteiger charge is 2.38. The molecule has 0 aromatic carbocycles. The van der Waals surface area contributed by atoms with Crippen LogP contribution < -0.4 is 5.32 Å². The third-order valence-electron chi connectivity index (χ3n) is 2.54. The maximum absolute atomic E-state index is 11.3. The zero-order valence-corrected chi connectivity index (χ0v) is 9.41. The Kier molecular flexibility index (Phi) is 4.59. The second kappa shape index (κ2) is 5.73. The van der Waals surface area contributed by atoms with Gasteiger partial charge in [0.2, 0.25) is 5.91 Å². The molecule has 86 valence electrons. The van der Waals surface area contributed by atoms with Gasteiger partial charge >= 0.3 is 5.97 Å². The molecule has 4 nitrogen and oxygen atoms in total. The first-order valence-corrected chi connectivity index (χ1v) is 5.58. The fourth-order valence-electron chi connectivity index (χ4n) is 1.39. The van der Waals surface area contributed by atoms with Crippen LogP contribution in [0, 0.1) is 11.8 Å². The van der Waals surface area contributed by atoms with E-state index >= 15 is 0 Å². The van der Waals surface area contributed by atoms with E-state index in [0.29, 0.717) is 19.1 Å². The van der Waals surface area contributed by atoms with Crippen molar-refractivity contribution in [1.82, 2.24) is 5.32 Å². The molecule has 0 spiro atoms. The van der Waals surface area contributed by atoms with E-state index in [-0.39, 0.29) is 24.2 Å². The predicted molar refractivity (Wildman–Crippen MR) is 56.1 cm³/mol. The summed E-state index contributed by atoms with van der Waals surface area (Å²) in [5.41, 5.74) is 0. The SMILES string of the molecule is CCCOC(=O)CCNC(=O)[C@H]1C[C@@H]1C. The molecular formula is C11H19NO3. The van der Waals surface area contributed by atoms with Gasteiger partial charge in [0.05, 0.1) is 13.0 Å². The van der Waals surface area contributed by atoms with E-state index in [1.807, 2.05) is 6.92 Å². The van der Waals surface area contributed by atoms with Crippen LogP contribution in [0.1, 0.15) is 33.1 Å². The highest BCUT2D eigenvalue weighted by Crippen LogP contribution is 2.37. The molecule has 0 unspecified atom stereocenters. The molecule has 0 aromatic heterocycles. The quantitative estimate of drug-likeness (QED) is 0.672. The zero-order valence-electron chi connectivity index (χ0n) is 9.41. The highest BCUT2D eigenvalue weighted by molar-refractivity contribution is 5.81. The number of carbonyl (C=O) groups excluding carboxylic acids is 2. The Morgan fingerprint density at radius 1 is 1.47 bits per heavy atom. The second-order valence-corrected chi connectivity index (χ2v) is 4.08. The Labute approximate surface area is 90.4 Å². The first-order valence-electron chi connectivity index (χ1n) is 5.58. The lowest BCUT2D eigenvalue weighted by atomic mass is 10.3. The van der Waals surface area contributed by atoms with Crippen LogP contribution in [-0.2, 0) is 14.3 Å². The van der Waals surface area contributed by atoms with Crippen LogP contribution in [0.4, 0.5) is 0 Å². The van der Waals surface area contributed by atoms with E-state index in [1.165, 1.54) is 0 Å². The van der Waals surface area contributed by atoms with Crippen molar-refractivity contribution in [3.8, 4) is 0 Å². The Hall–Kier alpha value is -1.06. The lowest BCUT2D eigenvalue weighted by Gasteiger charge is -2.04. The molecule has 1 aliphatic carbocycles. The van der Waals surface area contributed by atoms with Gasteiger partial charge in [0.15, 0.2) is 0 Å². The number of esters is 1. The van der Waals surface area contributed by atoms with Crippen LogP contribution in [0.2, 0.25) is 0 Å². The smallest absolute Gasteiger partial charge is 0.307 e. The highest BCUT2D eigenvalue weighted by atomic mass is 16.5. The normalized spacial score (nSPS) is 23.3. The van der Waals surface area contributed by atoms with Gasteiger partial charge in [0, 0.05) is 12.5 Å². The van der Waals surface area contributed by atoms with Crippen LogP contribution in [0.25, 0.3) is 0 Å². The van der Waals surface area contributed by atoms with Crippen LogP contribution in [0.15, 0.2) is 0 Å². The number of carbonyl (C=O) groups is 2. The molecule has 1 N–H and O–H groups in total. The fraction of sp³-hybridized carbons (Fsp3) is 0.818. The Morgan fingerprint density at radius 3 is 2.67 bits per heavy atom. The average Bonchev–Trinajstić information content (AvgIpc) is 2.92. The van der Waals surface area contributed by atoms with Gasteiger partial charge in [-0.05, 0) is 18.8 Å².